The number of hydrogen-bond donors (Lipinski definition) is 1. The van der Waals surface area contributed by atoms with Crippen molar-refractivity contribution >= 4 is 17.6 Å². The van der Waals surface area contributed by atoms with Crippen molar-refractivity contribution in [1.29, 1.82) is 0 Å². The molecule has 132 valence electrons. The van der Waals surface area contributed by atoms with Gasteiger partial charge in [-0.15, -0.1) is 0 Å². The van der Waals surface area contributed by atoms with E-state index in [2.05, 4.69) is 14.9 Å². The summed E-state index contributed by atoms with van der Waals surface area (Å²) in [6.45, 7) is 4.59. The largest absolute Gasteiger partial charge is 0.491 e. The summed E-state index contributed by atoms with van der Waals surface area (Å²) in [5.74, 6) is -0.872. The number of morpholine rings is 1. The molecule has 2 aromatic rings. The Morgan fingerprint density at radius 1 is 1.32 bits per heavy atom. The van der Waals surface area contributed by atoms with Crippen molar-refractivity contribution in [2.75, 3.05) is 39.5 Å². The van der Waals surface area contributed by atoms with Crippen LogP contribution >= 0.6 is 11.6 Å². The smallest absolute Gasteiger partial charge is 0.373 e. The van der Waals surface area contributed by atoms with Crippen LogP contribution in [-0.4, -0.2) is 65.4 Å². The Labute approximate surface area is 150 Å². The van der Waals surface area contributed by atoms with Crippen molar-refractivity contribution in [3.05, 3.63) is 41.3 Å². The lowest BCUT2D eigenvalue weighted by Crippen LogP contribution is -2.38. The SMILES string of the molecule is O=C(O)c1nccc(-c2ccc(Cl)c(OCCN3CCOCC3)c2)n1. The number of carboxylic acids is 1. The molecule has 1 fully saturated rings. The van der Waals surface area contributed by atoms with Gasteiger partial charge in [-0.3, -0.25) is 4.90 Å². The van der Waals surface area contributed by atoms with E-state index in [4.69, 9.17) is 26.2 Å². The molecule has 1 N–H and O–H groups in total. The number of rotatable bonds is 6. The van der Waals surface area contributed by atoms with Crippen molar-refractivity contribution in [2.24, 2.45) is 0 Å². The molecule has 7 nitrogen and oxygen atoms in total. The predicted molar refractivity (Wildman–Crippen MR) is 92.2 cm³/mol. The summed E-state index contributed by atoms with van der Waals surface area (Å²) in [7, 11) is 0. The Morgan fingerprint density at radius 2 is 2.12 bits per heavy atom. The third kappa shape index (κ3) is 4.66. The fraction of sp³-hybridized carbons (Fsp3) is 0.353. The van der Waals surface area contributed by atoms with E-state index >= 15 is 0 Å². The molecule has 0 aliphatic carbocycles. The fourth-order valence-electron chi connectivity index (χ4n) is 2.51. The first-order valence-corrected chi connectivity index (χ1v) is 8.30. The number of nitrogens with zero attached hydrogens (tertiary/aromatic N) is 3. The van der Waals surface area contributed by atoms with E-state index in [-0.39, 0.29) is 5.82 Å². The van der Waals surface area contributed by atoms with E-state index in [9.17, 15) is 4.79 Å². The highest BCUT2D eigenvalue weighted by Gasteiger charge is 2.12. The number of benzene rings is 1. The van der Waals surface area contributed by atoms with E-state index in [0.717, 1.165) is 38.4 Å². The minimum Gasteiger partial charge on any atom is -0.491 e. The quantitative estimate of drug-likeness (QED) is 0.842. The van der Waals surface area contributed by atoms with E-state index in [1.807, 2.05) is 0 Å². The Balaban J connectivity index is 1.69. The van der Waals surface area contributed by atoms with Crippen molar-refractivity contribution in [3.8, 4) is 17.0 Å². The molecule has 0 radical (unpaired) electrons. The molecule has 0 bridgehead atoms. The van der Waals surface area contributed by atoms with Crippen LogP contribution in [0, 0.1) is 0 Å². The highest BCUT2D eigenvalue weighted by Crippen LogP contribution is 2.29. The molecule has 8 heteroatoms. The molecular weight excluding hydrogens is 346 g/mol. The monoisotopic (exact) mass is 363 g/mol. The van der Waals surface area contributed by atoms with Crippen LogP contribution in [0.15, 0.2) is 30.5 Å². The minimum atomic E-state index is -1.17. The maximum absolute atomic E-state index is 11.0. The predicted octanol–water partition coefficient (Wildman–Crippen LogP) is 2.21. The summed E-state index contributed by atoms with van der Waals surface area (Å²) in [4.78, 5) is 21.0. The number of halogens is 1. The Morgan fingerprint density at radius 3 is 2.88 bits per heavy atom. The van der Waals surface area contributed by atoms with Crippen molar-refractivity contribution < 1.29 is 19.4 Å². The zero-order valence-electron chi connectivity index (χ0n) is 13.5. The van der Waals surface area contributed by atoms with Gasteiger partial charge in [-0.2, -0.15) is 0 Å². The van der Waals surface area contributed by atoms with E-state index in [1.165, 1.54) is 6.20 Å². The lowest BCUT2D eigenvalue weighted by atomic mass is 10.1. The Bertz CT molecular complexity index is 750. The van der Waals surface area contributed by atoms with Crippen LogP contribution in [0.2, 0.25) is 5.02 Å². The van der Waals surface area contributed by atoms with Crippen molar-refractivity contribution in [2.45, 2.75) is 0 Å². The van der Waals surface area contributed by atoms with Gasteiger partial charge in [0.15, 0.2) is 0 Å². The molecule has 1 aromatic heterocycles. The Kier molecular flexibility index (Phi) is 5.80. The van der Waals surface area contributed by atoms with Gasteiger partial charge in [0.25, 0.3) is 0 Å². The number of carbonyl (C=O) groups is 1. The molecule has 0 atom stereocenters. The van der Waals surface area contributed by atoms with Gasteiger partial charge in [-0.05, 0) is 18.2 Å². The second kappa shape index (κ2) is 8.24. The highest BCUT2D eigenvalue weighted by molar-refractivity contribution is 6.32. The first-order valence-electron chi connectivity index (χ1n) is 7.92. The summed E-state index contributed by atoms with van der Waals surface area (Å²) >= 11 is 6.20. The van der Waals surface area contributed by atoms with Crippen LogP contribution in [0.1, 0.15) is 10.6 Å². The summed E-state index contributed by atoms with van der Waals surface area (Å²) in [6, 6.07) is 6.89. The molecule has 1 aromatic carbocycles. The molecule has 0 saturated carbocycles. The summed E-state index contributed by atoms with van der Waals surface area (Å²) in [5, 5.41) is 9.51. The standard InChI is InChI=1S/C17H18ClN3O4/c18-13-2-1-12(14-3-4-19-16(20-14)17(22)23)11-15(13)25-10-7-21-5-8-24-9-6-21/h1-4,11H,5-10H2,(H,22,23). The van der Waals surface area contributed by atoms with Crippen LogP contribution in [0.5, 0.6) is 5.75 Å². The van der Waals surface area contributed by atoms with Gasteiger partial charge in [0, 0.05) is 31.4 Å². The normalized spacial score (nSPS) is 15.1. The molecule has 0 amide bonds. The average Bonchev–Trinajstić information content (AvgIpc) is 2.64. The van der Waals surface area contributed by atoms with Gasteiger partial charge in [0.05, 0.1) is 23.9 Å². The maximum atomic E-state index is 11.0. The second-order valence-electron chi connectivity index (χ2n) is 5.52. The van der Waals surface area contributed by atoms with Crippen LogP contribution in [-0.2, 0) is 4.74 Å². The zero-order valence-corrected chi connectivity index (χ0v) is 14.3. The number of ether oxygens (including phenoxy) is 2. The van der Waals surface area contributed by atoms with E-state index in [0.29, 0.717) is 23.1 Å². The molecule has 2 heterocycles. The molecule has 0 spiro atoms. The molecule has 25 heavy (non-hydrogen) atoms. The van der Waals surface area contributed by atoms with Crippen LogP contribution < -0.4 is 4.74 Å². The topological polar surface area (TPSA) is 84.8 Å². The summed E-state index contributed by atoms with van der Waals surface area (Å²) in [6.07, 6.45) is 1.42. The van der Waals surface area contributed by atoms with Gasteiger partial charge in [0.1, 0.15) is 12.4 Å². The first-order chi connectivity index (χ1) is 12.1. The third-order valence-electron chi connectivity index (χ3n) is 3.84. The van der Waals surface area contributed by atoms with Gasteiger partial charge < -0.3 is 14.6 Å². The molecule has 1 aliphatic heterocycles. The number of aromatic nitrogens is 2. The fourth-order valence-corrected chi connectivity index (χ4v) is 2.68. The lowest BCUT2D eigenvalue weighted by molar-refractivity contribution is 0.0322. The minimum absolute atomic E-state index is 0.248. The van der Waals surface area contributed by atoms with Crippen LogP contribution in [0.25, 0.3) is 11.3 Å². The van der Waals surface area contributed by atoms with Crippen molar-refractivity contribution in [1.82, 2.24) is 14.9 Å². The van der Waals surface area contributed by atoms with Crippen LogP contribution in [0.4, 0.5) is 0 Å². The number of carboxylic acid groups (broad SMARTS) is 1. The first kappa shape index (κ1) is 17.6. The van der Waals surface area contributed by atoms with Gasteiger partial charge in [-0.25, -0.2) is 14.8 Å². The number of hydrogen-bond acceptors (Lipinski definition) is 6. The average molecular weight is 364 g/mol. The van der Waals surface area contributed by atoms with Crippen LogP contribution in [0.3, 0.4) is 0 Å². The number of aromatic carboxylic acids is 1. The van der Waals surface area contributed by atoms with Crippen molar-refractivity contribution in [3.63, 3.8) is 0 Å². The zero-order chi connectivity index (χ0) is 17.6. The summed E-state index contributed by atoms with van der Waals surface area (Å²) in [5.41, 5.74) is 1.22. The van der Waals surface area contributed by atoms with E-state index in [1.54, 1.807) is 24.3 Å². The molecule has 0 unspecified atom stereocenters. The summed E-state index contributed by atoms with van der Waals surface area (Å²) < 4.78 is 11.1. The molecule has 3 rings (SSSR count). The third-order valence-corrected chi connectivity index (χ3v) is 4.15. The second-order valence-corrected chi connectivity index (χ2v) is 5.93. The Hall–Kier alpha value is -2.22. The van der Waals surface area contributed by atoms with E-state index < -0.39 is 5.97 Å². The lowest BCUT2D eigenvalue weighted by Gasteiger charge is -2.26. The highest BCUT2D eigenvalue weighted by atomic mass is 35.5. The maximum Gasteiger partial charge on any atom is 0.373 e. The van der Waals surface area contributed by atoms with Gasteiger partial charge >= 0.3 is 5.97 Å². The van der Waals surface area contributed by atoms with Gasteiger partial charge in [0.2, 0.25) is 5.82 Å². The molecule has 1 aliphatic rings. The molecular formula is C17H18ClN3O4. The molecule has 1 saturated heterocycles. The van der Waals surface area contributed by atoms with Gasteiger partial charge in [-0.1, -0.05) is 17.7 Å².